The zero-order valence-corrected chi connectivity index (χ0v) is 18.2. The minimum Gasteiger partial charge on any atom is -0.0776 e. The third kappa shape index (κ3) is 2.36. The molecule has 8 aromatic rings. The maximum Gasteiger partial charge on any atom is -0.00199 e. The van der Waals surface area contributed by atoms with Crippen LogP contribution in [0.15, 0.2) is 97.1 Å². The molecule has 0 fully saturated rings. The molecule has 0 aromatic heterocycles. The van der Waals surface area contributed by atoms with Crippen molar-refractivity contribution >= 4 is 75.4 Å². The topological polar surface area (TPSA) is 0 Å². The first-order valence-corrected chi connectivity index (χ1v) is 11.5. The molecule has 8 aromatic carbocycles. The summed E-state index contributed by atoms with van der Waals surface area (Å²) in [6.45, 7) is 4.00. The van der Waals surface area contributed by atoms with Crippen molar-refractivity contribution < 1.29 is 0 Å². The van der Waals surface area contributed by atoms with E-state index in [2.05, 4.69) is 97.1 Å². The van der Waals surface area contributed by atoms with Crippen LogP contribution in [0.4, 0.5) is 0 Å². The summed E-state index contributed by atoms with van der Waals surface area (Å²) < 4.78 is 0. The smallest absolute Gasteiger partial charge is 0.00199 e. The normalized spacial score (nSPS) is 11.7. The molecule has 0 saturated heterocycles. The van der Waals surface area contributed by atoms with E-state index in [1.165, 1.54) is 75.4 Å². The molecule has 0 aliphatic heterocycles. The van der Waals surface area contributed by atoms with Gasteiger partial charge in [-0.15, -0.1) is 0 Å². The molecule has 0 nitrogen and oxygen atoms in total. The number of fused-ring (bicyclic) bond motifs is 9. The Labute approximate surface area is 193 Å². The molecule has 0 bridgehead atoms. The van der Waals surface area contributed by atoms with Crippen LogP contribution in [0.5, 0.6) is 0 Å². The van der Waals surface area contributed by atoms with Crippen LogP contribution in [-0.4, -0.2) is 0 Å². The highest BCUT2D eigenvalue weighted by Crippen LogP contribution is 2.46. The third-order valence-electron chi connectivity index (χ3n) is 7.13. The molecule has 0 heteroatoms. The maximum atomic E-state index is 2.44. The first-order valence-electron chi connectivity index (χ1n) is 11.5. The van der Waals surface area contributed by atoms with Crippen LogP contribution in [0.25, 0.3) is 75.4 Å². The standard InChI is InChI=1S/C30H16.C2H6.CH4/c1-3-9-19-17(7-1)21-11-5-13-23-26-16-28-20-10-4-2-8-18(20)22-12-6-14-24(30(22)28)25(26)15-27(19)29(21)23;1-2;/h1-16H;1-2H3;1H4. The van der Waals surface area contributed by atoms with Gasteiger partial charge in [0.1, 0.15) is 0 Å². The van der Waals surface area contributed by atoms with Gasteiger partial charge in [0.25, 0.3) is 0 Å². The van der Waals surface area contributed by atoms with Crippen LogP contribution in [0, 0.1) is 0 Å². The fraction of sp³-hybridized carbons (Fsp3) is 0.0909. The molecule has 0 aliphatic rings. The molecule has 0 aliphatic carbocycles. The van der Waals surface area contributed by atoms with E-state index in [0.717, 1.165) is 0 Å². The average Bonchev–Trinajstić information content (AvgIpc) is 3.37. The second kappa shape index (κ2) is 7.05. The van der Waals surface area contributed by atoms with Crippen LogP contribution in [0.1, 0.15) is 21.3 Å². The van der Waals surface area contributed by atoms with E-state index in [1.54, 1.807) is 0 Å². The lowest BCUT2D eigenvalue weighted by molar-refractivity contribution is 1.50. The summed E-state index contributed by atoms with van der Waals surface area (Å²) >= 11 is 0. The van der Waals surface area contributed by atoms with Crippen LogP contribution in [0.3, 0.4) is 0 Å². The molecule has 0 spiro atoms. The summed E-state index contributed by atoms with van der Waals surface area (Å²) in [5.41, 5.74) is 0. The number of benzene rings is 6. The van der Waals surface area contributed by atoms with E-state index >= 15 is 0 Å². The Bertz CT molecular complexity index is 1790. The monoisotopic (exact) mass is 422 g/mol. The Morgan fingerprint density at radius 3 is 0.939 bits per heavy atom. The van der Waals surface area contributed by atoms with Gasteiger partial charge in [0, 0.05) is 0 Å². The number of hydrogen-bond acceptors (Lipinski definition) is 0. The number of rotatable bonds is 0. The molecule has 0 radical (unpaired) electrons. The minimum atomic E-state index is 0. The summed E-state index contributed by atoms with van der Waals surface area (Å²) in [4.78, 5) is 0. The predicted octanol–water partition coefficient (Wildman–Crippen LogP) is 10.3. The van der Waals surface area contributed by atoms with E-state index in [4.69, 9.17) is 0 Å². The van der Waals surface area contributed by atoms with E-state index in [-0.39, 0.29) is 7.43 Å². The van der Waals surface area contributed by atoms with Crippen molar-refractivity contribution in [1.82, 2.24) is 0 Å². The molecular formula is C33H26. The van der Waals surface area contributed by atoms with E-state index in [9.17, 15) is 0 Å². The Kier molecular flexibility index (Phi) is 4.22. The first kappa shape index (κ1) is 19.8. The molecule has 0 unspecified atom stereocenters. The van der Waals surface area contributed by atoms with E-state index < -0.39 is 0 Å². The summed E-state index contributed by atoms with van der Waals surface area (Å²) in [6.07, 6.45) is 0. The van der Waals surface area contributed by atoms with Crippen LogP contribution in [0.2, 0.25) is 0 Å². The maximum absolute atomic E-state index is 2.44. The van der Waals surface area contributed by atoms with Gasteiger partial charge in [-0.3, -0.25) is 0 Å². The molecule has 0 amide bonds. The number of hydrogen-bond donors (Lipinski definition) is 0. The van der Waals surface area contributed by atoms with Gasteiger partial charge in [0.15, 0.2) is 0 Å². The SMILES string of the molecule is C.CC.c1ccc2c(c1)c1cccc3c4cc5c6ccccc6c6cccc(c4cc2c13)c65. The highest BCUT2D eigenvalue weighted by Gasteiger charge is 2.18. The first-order chi connectivity index (χ1) is 15.9. The largest absolute Gasteiger partial charge is 0.0776 e. The zero-order chi connectivity index (χ0) is 21.4. The van der Waals surface area contributed by atoms with Crippen molar-refractivity contribution in [2.45, 2.75) is 21.3 Å². The lowest BCUT2D eigenvalue weighted by atomic mass is 9.93. The summed E-state index contributed by atoms with van der Waals surface area (Å²) in [7, 11) is 0. The van der Waals surface area contributed by atoms with Gasteiger partial charge in [-0.05, 0) is 87.5 Å². The Morgan fingerprint density at radius 2 is 0.576 bits per heavy atom. The van der Waals surface area contributed by atoms with Gasteiger partial charge in [-0.2, -0.15) is 0 Å². The van der Waals surface area contributed by atoms with Gasteiger partial charge in [-0.25, -0.2) is 0 Å². The molecular weight excluding hydrogens is 396 g/mol. The molecule has 0 N–H and O–H groups in total. The fourth-order valence-corrected chi connectivity index (χ4v) is 5.95. The van der Waals surface area contributed by atoms with Crippen LogP contribution in [-0.2, 0) is 0 Å². The molecule has 158 valence electrons. The Balaban J connectivity index is 0.000000671. The van der Waals surface area contributed by atoms with Crippen molar-refractivity contribution in [3.05, 3.63) is 97.1 Å². The highest BCUT2D eigenvalue weighted by atomic mass is 14.2. The summed E-state index contributed by atoms with van der Waals surface area (Å²) in [5, 5.41) is 19.2. The van der Waals surface area contributed by atoms with Crippen LogP contribution >= 0.6 is 0 Å². The average molecular weight is 423 g/mol. The van der Waals surface area contributed by atoms with Gasteiger partial charge in [-0.1, -0.05) is 106 Å². The van der Waals surface area contributed by atoms with Crippen molar-refractivity contribution in [2.75, 3.05) is 0 Å². The van der Waals surface area contributed by atoms with E-state index in [1.807, 2.05) is 13.8 Å². The minimum absolute atomic E-state index is 0. The summed E-state index contributed by atoms with van der Waals surface area (Å²) in [6, 6.07) is 36.2. The van der Waals surface area contributed by atoms with Gasteiger partial charge >= 0.3 is 0 Å². The molecule has 33 heavy (non-hydrogen) atoms. The Hall–Kier alpha value is -3.90. The van der Waals surface area contributed by atoms with Crippen LogP contribution < -0.4 is 0 Å². The lowest BCUT2D eigenvalue weighted by Gasteiger charge is -2.10. The third-order valence-corrected chi connectivity index (χ3v) is 7.13. The van der Waals surface area contributed by atoms with E-state index in [0.29, 0.717) is 0 Å². The molecule has 0 heterocycles. The van der Waals surface area contributed by atoms with Crippen molar-refractivity contribution in [2.24, 2.45) is 0 Å². The second-order valence-electron chi connectivity index (χ2n) is 8.49. The molecule has 0 saturated carbocycles. The van der Waals surface area contributed by atoms with Crippen molar-refractivity contribution in [3.63, 3.8) is 0 Å². The van der Waals surface area contributed by atoms with Gasteiger partial charge in [0.2, 0.25) is 0 Å². The molecule has 0 atom stereocenters. The van der Waals surface area contributed by atoms with Gasteiger partial charge < -0.3 is 0 Å². The molecule has 8 rings (SSSR count). The predicted molar refractivity (Wildman–Crippen MR) is 149 cm³/mol. The fourth-order valence-electron chi connectivity index (χ4n) is 5.95. The second-order valence-corrected chi connectivity index (χ2v) is 8.49. The Morgan fingerprint density at radius 1 is 0.303 bits per heavy atom. The van der Waals surface area contributed by atoms with Gasteiger partial charge in [0.05, 0.1) is 0 Å². The summed E-state index contributed by atoms with van der Waals surface area (Å²) in [5.74, 6) is 0. The van der Waals surface area contributed by atoms with Crippen molar-refractivity contribution in [3.8, 4) is 0 Å². The van der Waals surface area contributed by atoms with Crippen molar-refractivity contribution in [1.29, 1.82) is 0 Å². The quantitative estimate of drug-likeness (QED) is 0.213. The zero-order valence-electron chi connectivity index (χ0n) is 18.2. The lowest BCUT2D eigenvalue weighted by Crippen LogP contribution is -1.82. The highest BCUT2D eigenvalue weighted by molar-refractivity contribution is 6.40.